The van der Waals surface area contributed by atoms with Crippen molar-refractivity contribution in [1.82, 2.24) is 19.5 Å². The summed E-state index contributed by atoms with van der Waals surface area (Å²) in [4.78, 5) is 15.0. The molecule has 1 unspecified atom stereocenters. The van der Waals surface area contributed by atoms with E-state index in [1.165, 1.54) is 0 Å². The third kappa shape index (κ3) is 1.84. The summed E-state index contributed by atoms with van der Waals surface area (Å²) >= 11 is 0. The van der Waals surface area contributed by atoms with Gasteiger partial charge in [-0.25, -0.2) is 9.97 Å². The number of β-amino-alcohol motifs (C(OH)–C–C–N with tert-alkyl or cyclic N) is 1. The van der Waals surface area contributed by atoms with Crippen LogP contribution in [0.25, 0.3) is 11.2 Å². The summed E-state index contributed by atoms with van der Waals surface area (Å²) in [6.07, 6.45) is 5.08. The Morgan fingerprint density at radius 1 is 1.41 bits per heavy atom. The Hall–Kier alpha value is -1.69. The summed E-state index contributed by atoms with van der Waals surface area (Å²) in [7, 11) is 1.92. The molecule has 2 aromatic heterocycles. The van der Waals surface area contributed by atoms with E-state index in [1.807, 2.05) is 16.5 Å². The molecule has 0 radical (unpaired) electrons. The third-order valence-corrected chi connectivity index (χ3v) is 3.15. The molecule has 6 nitrogen and oxygen atoms in total. The van der Waals surface area contributed by atoms with Crippen LogP contribution >= 0.6 is 0 Å². The van der Waals surface area contributed by atoms with Crippen LogP contribution in [0.2, 0.25) is 0 Å². The Bertz CT molecular complexity index is 538. The fraction of sp³-hybridized carbons (Fsp3) is 0.545. The summed E-state index contributed by atoms with van der Waals surface area (Å²) in [5.74, 6) is 0.662. The van der Waals surface area contributed by atoms with Crippen LogP contribution in [0.5, 0.6) is 0 Å². The Kier molecular flexibility index (Phi) is 2.44. The van der Waals surface area contributed by atoms with Gasteiger partial charge in [-0.3, -0.25) is 0 Å². The Morgan fingerprint density at radius 3 is 3.12 bits per heavy atom. The SMILES string of the molecule is Cn1cnc2nc(N3CCCC(O)C3)ncc21. The highest BCUT2D eigenvalue weighted by Crippen LogP contribution is 2.18. The largest absolute Gasteiger partial charge is 0.391 e. The van der Waals surface area contributed by atoms with Gasteiger partial charge in [-0.1, -0.05) is 0 Å². The van der Waals surface area contributed by atoms with Crippen molar-refractivity contribution < 1.29 is 5.11 Å². The van der Waals surface area contributed by atoms with Crippen LogP contribution < -0.4 is 4.90 Å². The fourth-order valence-corrected chi connectivity index (χ4v) is 2.19. The van der Waals surface area contributed by atoms with Crippen LogP contribution in [0.1, 0.15) is 12.8 Å². The van der Waals surface area contributed by atoms with Gasteiger partial charge in [0.25, 0.3) is 0 Å². The number of aryl methyl sites for hydroxylation is 1. The van der Waals surface area contributed by atoms with E-state index < -0.39 is 0 Å². The molecule has 1 N–H and O–H groups in total. The molecule has 0 aromatic carbocycles. The predicted octanol–water partition coefficient (Wildman–Crippen LogP) is 0.324. The van der Waals surface area contributed by atoms with Gasteiger partial charge in [0, 0.05) is 20.1 Å². The molecule has 0 spiro atoms. The van der Waals surface area contributed by atoms with E-state index in [9.17, 15) is 5.11 Å². The van der Waals surface area contributed by atoms with Crippen molar-refractivity contribution in [3.8, 4) is 0 Å². The minimum atomic E-state index is -0.272. The van der Waals surface area contributed by atoms with Crippen molar-refractivity contribution in [3.05, 3.63) is 12.5 Å². The lowest BCUT2D eigenvalue weighted by Crippen LogP contribution is -2.39. The van der Waals surface area contributed by atoms with Gasteiger partial charge in [-0.2, -0.15) is 4.98 Å². The standard InChI is InChI=1S/C11H15N5O/c1-15-7-13-10-9(15)5-12-11(14-10)16-4-2-3-8(17)6-16/h5,7-8,17H,2-4,6H2,1H3. The van der Waals surface area contributed by atoms with Crippen molar-refractivity contribution in [1.29, 1.82) is 0 Å². The Morgan fingerprint density at radius 2 is 2.29 bits per heavy atom. The molecule has 17 heavy (non-hydrogen) atoms. The number of anilines is 1. The van der Waals surface area contributed by atoms with Crippen LogP contribution in [-0.2, 0) is 7.05 Å². The summed E-state index contributed by atoms with van der Waals surface area (Å²) in [5, 5.41) is 9.64. The minimum Gasteiger partial charge on any atom is -0.391 e. The van der Waals surface area contributed by atoms with Crippen molar-refractivity contribution in [2.45, 2.75) is 18.9 Å². The van der Waals surface area contributed by atoms with E-state index in [0.29, 0.717) is 18.1 Å². The van der Waals surface area contributed by atoms with E-state index in [1.54, 1.807) is 12.5 Å². The molecule has 3 heterocycles. The molecule has 0 aliphatic carbocycles. The van der Waals surface area contributed by atoms with Crippen molar-refractivity contribution >= 4 is 17.1 Å². The molecule has 1 fully saturated rings. The van der Waals surface area contributed by atoms with Crippen LogP contribution in [0, 0.1) is 0 Å². The van der Waals surface area contributed by atoms with Crippen LogP contribution in [0.4, 0.5) is 5.95 Å². The summed E-state index contributed by atoms with van der Waals surface area (Å²) in [6, 6.07) is 0. The number of nitrogens with zero attached hydrogens (tertiary/aromatic N) is 5. The average Bonchev–Trinajstić information content (AvgIpc) is 2.71. The average molecular weight is 233 g/mol. The highest BCUT2D eigenvalue weighted by molar-refractivity contribution is 5.70. The van der Waals surface area contributed by atoms with Crippen LogP contribution in [0.15, 0.2) is 12.5 Å². The zero-order valence-electron chi connectivity index (χ0n) is 9.74. The summed E-state index contributed by atoms with van der Waals surface area (Å²) in [6.45, 7) is 1.51. The fourth-order valence-electron chi connectivity index (χ4n) is 2.19. The number of aliphatic hydroxyl groups is 1. The number of rotatable bonds is 1. The molecular formula is C11H15N5O. The van der Waals surface area contributed by atoms with E-state index in [0.717, 1.165) is 24.9 Å². The number of fused-ring (bicyclic) bond motifs is 1. The Balaban J connectivity index is 1.94. The monoisotopic (exact) mass is 233 g/mol. The van der Waals surface area contributed by atoms with Gasteiger partial charge in [0.15, 0.2) is 5.65 Å². The lowest BCUT2D eigenvalue weighted by atomic mass is 10.1. The highest BCUT2D eigenvalue weighted by Gasteiger charge is 2.20. The maximum Gasteiger partial charge on any atom is 0.227 e. The molecule has 1 atom stereocenters. The molecule has 1 aliphatic heterocycles. The maximum atomic E-state index is 9.64. The summed E-state index contributed by atoms with van der Waals surface area (Å²) in [5.41, 5.74) is 1.63. The van der Waals surface area contributed by atoms with Gasteiger partial charge in [0.2, 0.25) is 5.95 Å². The number of hydrogen-bond donors (Lipinski definition) is 1. The molecular weight excluding hydrogens is 218 g/mol. The van der Waals surface area contributed by atoms with E-state index in [-0.39, 0.29) is 6.10 Å². The van der Waals surface area contributed by atoms with Crippen molar-refractivity contribution in [2.24, 2.45) is 7.05 Å². The first kappa shape index (κ1) is 10.5. The van der Waals surface area contributed by atoms with E-state index >= 15 is 0 Å². The molecule has 0 amide bonds. The molecule has 3 rings (SSSR count). The van der Waals surface area contributed by atoms with Gasteiger partial charge in [-0.15, -0.1) is 0 Å². The lowest BCUT2D eigenvalue weighted by Gasteiger charge is -2.29. The molecule has 6 heteroatoms. The third-order valence-electron chi connectivity index (χ3n) is 3.15. The normalized spacial score (nSPS) is 21.1. The topological polar surface area (TPSA) is 67.1 Å². The number of hydrogen-bond acceptors (Lipinski definition) is 5. The van der Waals surface area contributed by atoms with Crippen LogP contribution in [-0.4, -0.2) is 43.8 Å². The predicted molar refractivity (Wildman–Crippen MR) is 63.8 cm³/mol. The van der Waals surface area contributed by atoms with Crippen LogP contribution in [0.3, 0.4) is 0 Å². The van der Waals surface area contributed by atoms with Gasteiger partial charge < -0.3 is 14.6 Å². The first-order valence-corrected chi connectivity index (χ1v) is 5.81. The molecule has 2 aromatic rings. The molecule has 0 saturated carbocycles. The van der Waals surface area contributed by atoms with E-state index in [2.05, 4.69) is 15.0 Å². The maximum absolute atomic E-state index is 9.64. The molecule has 0 bridgehead atoms. The zero-order valence-corrected chi connectivity index (χ0v) is 9.74. The smallest absolute Gasteiger partial charge is 0.227 e. The second-order valence-electron chi connectivity index (χ2n) is 4.48. The number of piperidine rings is 1. The zero-order chi connectivity index (χ0) is 11.8. The van der Waals surface area contributed by atoms with Gasteiger partial charge in [-0.05, 0) is 12.8 Å². The van der Waals surface area contributed by atoms with E-state index in [4.69, 9.17) is 0 Å². The summed E-state index contributed by atoms with van der Waals surface area (Å²) < 4.78 is 1.89. The first-order chi connectivity index (χ1) is 8.24. The van der Waals surface area contributed by atoms with Gasteiger partial charge in [0.05, 0.1) is 18.6 Å². The minimum absolute atomic E-state index is 0.272. The van der Waals surface area contributed by atoms with Gasteiger partial charge >= 0.3 is 0 Å². The second-order valence-corrected chi connectivity index (χ2v) is 4.48. The van der Waals surface area contributed by atoms with Gasteiger partial charge in [0.1, 0.15) is 5.52 Å². The quantitative estimate of drug-likeness (QED) is 0.768. The number of aliphatic hydroxyl groups excluding tert-OH is 1. The molecule has 1 aliphatic rings. The van der Waals surface area contributed by atoms with Crippen molar-refractivity contribution in [3.63, 3.8) is 0 Å². The first-order valence-electron chi connectivity index (χ1n) is 5.81. The molecule has 90 valence electrons. The second kappa shape index (κ2) is 3.96. The molecule has 1 saturated heterocycles. The number of imidazole rings is 1. The number of aromatic nitrogens is 4. The van der Waals surface area contributed by atoms with Crippen molar-refractivity contribution in [2.75, 3.05) is 18.0 Å². The lowest BCUT2D eigenvalue weighted by molar-refractivity contribution is 0.153. The Labute approximate surface area is 98.9 Å². The highest BCUT2D eigenvalue weighted by atomic mass is 16.3.